The maximum atomic E-state index is 12.2. The van der Waals surface area contributed by atoms with Gasteiger partial charge in [-0.2, -0.15) is 4.98 Å². The molecule has 0 fully saturated rings. The summed E-state index contributed by atoms with van der Waals surface area (Å²) in [6.07, 6.45) is 4.83. The number of carbonyl (C=O) groups excluding carboxylic acids is 1. The molecule has 0 aliphatic carbocycles. The molecular weight excluding hydrogens is 352 g/mol. The zero-order valence-corrected chi connectivity index (χ0v) is 14.6. The number of nitrogens with one attached hydrogen (secondary N) is 1. The second kappa shape index (κ2) is 6.89. The molecule has 0 saturated heterocycles. The Hall–Kier alpha value is -3.33. The summed E-state index contributed by atoms with van der Waals surface area (Å²) < 4.78 is 6.80. The maximum absolute atomic E-state index is 12.2. The average Bonchev–Trinajstić information content (AvgIpc) is 3.41. The summed E-state index contributed by atoms with van der Waals surface area (Å²) in [6, 6.07) is 7.54. The van der Waals surface area contributed by atoms with Gasteiger partial charge in [-0.1, -0.05) is 11.2 Å². The second-order valence-corrected chi connectivity index (χ2v) is 6.51. The van der Waals surface area contributed by atoms with Crippen molar-refractivity contribution in [2.75, 3.05) is 0 Å². The summed E-state index contributed by atoms with van der Waals surface area (Å²) in [5.74, 6) is 1.39. The highest BCUT2D eigenvalue weighted by Crippen LogP contribution is 2.17. The normalized spacial score (nSPS) is 10.8. The predicted octanol–water partition coefficient (Wildman–Crippen LogP) is 2.62. The SMILES string of the molecule is Cc1noc(-c2ccc(-n3cnc(C(=O)NCc4cccs4)c3)nc2)n1. The minimum absolute atomic E-state index is 0.227. The molecule has 0 unspecified atom stereocenters. The first-order chi connectivity index (χ1) is 12.7. The predicted molar refractivity (Wildman–Crippen MR) is 94.9 cm³/mol. The topological polar surface area (TPSA) is 98.7 Å². The van der Waals surface area contributed by atoms with E-state index in [1.807, 2.05) is 23.6 Å². The van der Waals surface area contributed by atoms with Crippen molar-refractivity contribution < 1.29 is 9.32 Å². The average molecular weight is 366 g/mol. The van der Waals surface area contributed by atoms with E-state index in [0.717, 1.165) is 10.4 Å². The van der Waals surface area contributed by atoms with E-state index >= 15 is 0 Å². The van der Waals surface area contributed by atoms with E-state index in [1.54, 1.807) is 47.6 Å². The summed E-state index contributed by atoms with van der Waals surface area (Å²) in [5.41, 5.74) is 1.06. The Morgan fingerprint density at radius 3 is 2.92 bits per heavy atom. The fourth-order valence-electron chi connectivity index (χ4n) is 2.32. The lowest BCUT2D eigenvalue weighted by molar-refractivity contribution is 0.0947. The third-order valence-corrected chi connectivity index (χ3v) is 4.48. The zero-order chi connectivity index (χ0) is 17.9. The van der Waals surface area contributed by atoms with Gasteiger partial charge in [0, 0.05) is 17.3 Å². The Kier molecular flexibility index (Phi) is 4.28. The van der Waals surface area contributed by atoms with Gasteiger partial charge in [0.2, 0.25) is 0 Å². The highest BCUT2D eigenvalue weighted by atomic mass is 32.1. The van der Waals surface area contributed by atoms with Crippen molar-refractivity contribution in [3.63, 3.8) is 0 Å². The molecule has 0 aliphatic rings. The van der Waals surface area contributed by atoms with Crippen LogP contribution in [0.4, 0.5) is 0 Å². The Morgan fingerprint density at radius 1 is 1.31 bits per heavy atom. The van der Waals surface area contributed by atoms with Crippen LogP contribution in [0.2, 0.25) is 0 Å². The largest absolute Gasteiger partial charge is 0.346 e. The molecule has 4 rings (SSSR count). The zero-order valence-electron chi connectivity index (χ0n) is 13.8. The number of imidazole rings is 1. The monoisotopic (exact) mass is 366 g/mol. The molecule has 8 nitrogen and oxygen atoms in total. The molecule has 0 aliphatic heterocycles. The van der Waals surface area contributed by atoms with E-state index in [1.165, 1.54) is 0 Å². The van der Waals surface area contributed by atoms with Crippen molar-refractivity contribution in [1.29, 1.82) is 0 Å². The summed E-state index contributed by atoms with van der Waals surface area (Å²) in [5, 5.41) is 8.58. The first-order valence-corrected chi connectivity index (χ1v) is 8.69. The Bertz CT molecular complexity index is 1020. The van der Waals surface area contributed by atoms with Crippen LogP contribution in [0.25, 0.3) is 17.3 Å². The van der Waals surface area contributed by atoms with E-state index in [-0.39, 0.29) is 5.91 Å². The van der Waals surface area contributed by atoms with Crippen LogP contribution in [0, 0.1) is 6.92 Å². The molecule has 26 heavy (non-hydrogen) atoms. The van der Waals surface area contributed by atoms with Crippen molar-refractivity contribution in [2.45, 2.75) is 13.5 Å². The molecule has 130 valence electrons. The molecule has 0 saturated carbocycles. The number of rotatable bonds is 5. The lowest BCUT2D eigenvalue weighted by atomic mass is 10.3. The van der Waals surface area contributed by atoms with Gasteiger partial charge in [0.15, 0.2) is 5.82 Å². The Labute approximate surface area is 152 Å². The number of aromatic nitrogens is 5. The first kappa shape index (κ1) is 16.2. The van der Waals surface area contributed by atoms with E-state index < -0.39 is 0 Å². The minimum Gasteiger partial charge on any atom is -0.346 e. The third kappa shape index (κ3) is 3.38. The van der Waals surface area contributed by atoms with Gasteiger partial charge in [-0.15, -0.1) is 11.3 Å². The molecule has 1 amide bonds. The van der Waals surface area contributed by atoms with E-state index in [2.05, 4.69) is 25.4 Å². The molecule has 0 radical (unpaired) electrons. The van der Waals surface area contributed by atoms with Gasteiger partial charge in [-0.25, -0.2) is 9.97 Å². The lowest BCUT2D eigenvalue weighted by Crippen LogP contribution is -2.22. The van der Waals surface area contributed by atoms with Crippen molar-refractivity contribution in [2.24, 2.45) is 0 Å². The van der Waals surface area contributed by atoms with Crippen molar-refractivity contribution in [3.8, 4) is 17.3 Å². The summed E-state index contributed by atoms with van der Waals surface area (Å²) in [7, 11) is 0. The quantitative estimate of drug-likeness (QED) is 0.583. The fourth-order valence-corrected chi connectivity index (χ4v) is 2.96. The van der Waals surface area contributed by atoms with Crippen LogP contribution in [-0.4, -0.2) is 30.6 Å². The van der Waals surface area contributed by atoms with E-state index in [9.17, 15) is 4.79 Å². The number of amides is 1. The number of hydrogen-bond donors (Lipinski definition) is 1. The molecule has 0 bridgehead atoms. The molecule has 4 aromatic rings. The van der Waals surface area contributed by atoms with Gasteiger partial charge in [-0.05, 0) is 30.5 Å². The molecule has 9 heteroatoms. The third-order valence-electron chi connectivity index (χ3n) is 3.61. The minimum atomic E-state index is -0.227. The standard InChI is InChI=1S/C17H14N6O2S/c1-11-21-17(25-22-11)12-4-5-15(18-7-12)23-9-14(20-10-23)16(24)19-8-13-3-2-6-26-13/h2-7,9-10H,8H2,1H3,(H,19,24). The number of nitrogens with zero attached hydrogens (tertiary/aromatic N) is 5. The van der Waals surface area contributed by atoms with Gasteiger partial charge < -0.3 is 9.84 Å². The number of hydrogen-bond acceptors (Lipinski definition) is 7. The van der Waals surface area contributed by atoms with Crippen LogP contribution < -0.4 is 5.32 Å². The molecule has 0 aromatic carbocycles. The lowest BCUT2D eigenvalue weighted by Gasteiger charge is -2.02. The molecule has 4 aromatic heterocycles. The number of aryl methyl sites for hydroxylation is 1. The number of carbonyl (C=O) groups is 1. The van der Waals surface area contributed by atoms with Crippen LogP contribution in [0.1, 0.15) is 21.2 Å². The summed E-state index contributed by atoms with van der Waals surface area (Å²) in [6.45, 7) is 2.24. The molecule has 0 spiro atoms. The van der Waals surface area contributed by atoms with Crippen LogP contribution in [0.15, 0.2) is 52.9 Å². The van der Waals surface area contributed by atoms with Gasteiger partial charge >= 0.3 is 0 Å². The first-order valence-electron chi connectivity index (χ1n) is 7.81. The summed E-state index contributed by atoms with van der Waals surface area (Å²) in [4.78, 5) is 26.0. The summed E-state index contributed by atoms with van der Waals surface area (Å²) >= 11 is 1.60. The molecule has 0 atom stereocenters. The maximum Gasteiger partial charge on any atom is 0.271 e. The van der Waals surface area contributed by atoms with E-state index in [4.69, 9.17) is 4.52 Å². The van der Waals surface area contributed by atoms with Crippen molar-refractivity contribution >= 4 is 17.2 Å². The van der Waals surface area contributed by atoms with Gasteiger partial charge in [-0.3, -0.25) is 9.36 Å². The smallest absolute Gasteiger partial charge is 0.271 e. The van der Waals surface area contributed by atoms with Crippen LogP contribution in [-0.2, 0) is 6.54 Å². The Balaban J connectivity index is 1.46. The van der Waals surface area contributed by atoms with Crippen molar-refractivity contribution in [1.82, 2.24) is 30.0 Å². The Morgan fingerprint density at radius 2 is 2.23 bits per heavy atom. The van der Waals surface area contributed by atoms with Gasteiger partial charge in [0.25, 0.3) is 11.8 Å². The number of pyridine rings is 1. The number of thiophene rings is 1. The highest BCUT2D eigenvalue weighted by Gasteiger charge is 2.11. The van der Waals surface area contributed by atoms with Crippen LogP contribution >= 0.6 is 11.3 Å². The van der Waals surface area contributed by atoms with Gasteiger partial charge in [0.05, 0.1) is 12.1 Å². The highest BCUT2D eigenvalue weighted by molar-refractivity contribution is 7.09. The van der Waals surface area contributed by atoms with Crippen LogP contribution in [0.3, 0.4) is 0 Å². The fraction of sp³-hybridized carbons (Fsp3) is 0.118. The van der Waals surface area contributed by atoms with Crippen molar-refractivity contribution in [3.05, 3.63) is 64.8 Å². The molecule has 1 N–H and O–H groups in total. The van der Waals surface area contributed by atoms with E-state index in [0.29, 0.717) is 29.8 Å². The van der Waals surface area contributed by atoms with Gasteiger partial charge in [0.1, 0.15) is 17.8 Å². The van der Waals surface area contributed by atoms with Crippen LogP contribution in [0.5, 0.6) is 0 Å². The second-order valence-electron chi connectivity index (χ2n) is 5.48. The molecular formula is C17H14N6O2S. The molecule has 4 heterocycles.